The zero-order valence-corrected chi connectivity index (χ0v) is 10.9. The molecule has 5 heteroatoms. The van der Waals surface area contributed by atoms with E-state index in [9.17, 15) is 14.0 Å². The van der Waals surface area contributed by atoms with Gasteiger partial charge in [-0.15, -0.1) is 0 Å². The van der Waals surface area contributed by atoms with Gasteiger partial charge in [0.2, 0.25) is 5.91 Å². The second-order valence-electron chi connectivity index (χ2n) is 4.64. The van der Waals surface area contributed by atoms with Crippen molar-refractivity contribution in [1.29, 1.82) is 0 Å². The van der Waals surface area contributed by atoms with Crippen LogP contribution in [0.15, 0.2) is 24.3 Å². The van der Waals surface area contributed by atoms with E-state index in [1.165, 1.54) is 29.2 Å². The summed E-state index contributed by atoms with van der Waals surface area (Å²) in [5.41, 5.74) is 0.339. The van der Waals surface area contributed by atoms with Gasteiger partial charge in [0.05, 0.1) is 6.04 Å². The maximum Gasteiger partial charge on any atom is 0.260 e. The number of likely N-dealkylation sites (tertiary alicyclic amines) is 1. The van der Waals surface area contributed by atoms with Crippen LogP contribution >= 0.6 is 0 Å². The van der Waals surface area contributed by atoms with Gasteiger partial charge < -0.3 is 5.32 Å². The summed E-state index contributed by atoms with van der Waals surface area (Å²) in [5, 5.41) is 2.94. The smallest absolute Gasteiger partial charge is 0.260 e. The van der Waals surface area contributed by atoms with Crippen LogP contribution in [0.1, 0.15) is 29.6 Å². The SMILES string of the molecule is CNC1CCCCN(C(=O)c2ccc(F)cc2)C1=O. The van der Waals surface area contributed by atoms with Gasteiger partial charge in [0.1, 0.15) is 5.82 Å². The molecule has 1 atom stereocenters. The van der Waals surface area contributed by atoms with Gasteiger partial charge in [-0.1, -0.05) is 0 Å². The maximum atomic E-state index is 12.8. The lowest BCUT2D eigenvalue weighted by Gasteiger charge is -2.22. The molecule has 0 aromatic heterocycles. The Hall–Kier alpha value is -1.75. The number of carbonyl (C=O) groups excluding carboxylic acids is 2. The molecule has 1 fully saturated rings. The standard InChI is InChI=1S/C14H17FN2O2/c1-16-12-4-2-3-9-17(14(12)19)13(18)10-5-7-11(15)8-6-10/h5-8,12,16H,2-4,9H2,1H3. The van der Waals surface area contributed by atoms with E-state index in [-0.39, 0.29) is 17.9 Å². The van der Waals surface area contributed by atoms with Crippen molar-refractivity contribution in [3.05, 3.63) is 35.6 Å². The summed E-state index contributed by atoms with van der Waals surface area (Å²) in [4.78, 5) is 25.8. The van der Waals surface area contributed by atoms with Gasteiger partial charge in [-0.05, 0) is 50.6 Å². The first-order chi connectivity index (χ1) is 9.13. The summed E-state index contributed by atoms with van der Waals surface area (Å²) in [6, 6.07) is 4.96. The maximum absolute atomic E-state index is 12.8. The van der Waals surface area contributed by atoms with Gasteiger partial charge in [-0.2, -0.15) is 0 Å². The first-order valence-corrected chi connectivity index (χ1v) is 6.42. The zero-order valence-electron chi connectivity index (χ0n) is 10.9. The fourth-order valence-corrected chi connectivity index (χ4v) is 2.26. The summed E-state index contributed by atoms with van der Waals surface area (Å²) in [6.07, 6.45) is 2.45. The van der Waals surface area contributed by atoms with Crippen LogP contribution in [0.4, 0.5) is 4.39 Å². The Morgan fingerprint density at radius 2 is 2.00 bits per heavy atom. The molecule has 0 aliphatic carbocycles. The highest BCUT2D eigenvalue weighted by atomic mass is 19.1. The Morgan fingerprint density at radius 3 is 2.63 bits per heavy atom. The molecule has 0 radical (unpaired) electrons. The zero-order chi connectivity index (χ0) is 13.8. The van der Waals surface area contributed by atoms with Gasteiger partial charge in [0, 0.05) is 12.1 Å². The lowest BCUT2D eigenvalue weighted by atomic mass is 10.1. The Labute approximate surface area is 111 Å². The highest BCUT2D eigenvalue weighted by Crippen LogP contribution is 2.15. The van der Waals surface area contributed by atoms with Gasteiger partial charge >= 0.3 is 0 Å². The predicted molar refractivity (Wildman–Crippen MR) is 69.1 cm³/mol. The van der Waals surface area contributed by atoms with Crippen molar-refractivity contribution in [3.63, 3.8) is 0 Å². The Balaban J connectivity index is 2.21. The van der Waals surface area contributed by atoms with Crippen LogP contribution in [-0.4, -0.2) is 36.3 Å². The summed E-state index contributed by atoms with van der Waals surface area (Å²) >= 11 is 0. The van der Waals surface area contributed by atoms with Gasteiger partial charge in [0.15, 0.2) is 0 Å². The molecule has 1 unspecified atom stereocenters. The van der Waals surface area contributed by atoms with E-state index in [0.29, 0.717) is 12.1 Å². The second kappa shape index (κ2) is 5.93. The molecule has 1 aromatic rings. The molecule has 2 amide bonds. The first kappa shape index (κ1) is 13.7. The van der Waals surface area contributed by atoms with Crippen molar-refractivity contribution in [2.75, 3.05) is 13.6 Å². The summed E-state index contributed by atoms with van der Waals surface area (Å²) < 4.78 is 12.8. The second-order valence-corrected chi connectivity index (χ2v) is 4.64. The third-order valence-corrected chi connectivity index (χ3v) is 3.37. The first-order valence-electron chi connectivity index (χ1n) is 6.42. The predicted octanol–water partition coefficient (Wildman–Crippen LogP) is 1.57. The highest BCUT2D eigenvalue weighted by molar-refractivity contribution is 6.06. The van der Waals surface area contributed by atoms with Gasteiger partial charge in [-0.25, -0.2) is 4.39 Å². The van der Waals surface area contributed by atoms with E-state index in [4.69, 9.17) is 0 Å². The van der Waals surface area contributed by atoms with Gasteiger partial charge in [0.25, 0.3) is 5.91 Å². The van der Waals surface area contributed by atoms with E-state index in [0.717, 1.165) is 19.3 Å². The van der Waals surface area contributed by atoms with Crippen molar-refractivity contribution in [3.8, 4) is 0 Å². The summed E-state index contributed by atoms with van der Waals surface area (Å²) in [7, 11) is 1.72. The highest BCUT2D eigenvalue weighted by Gasteiger charge is 2.30. The van der Waals surface area contributed by atoms with Gasteiger partial charge in [-0.3, -0.25) is 14.5 Å². The number of rotatable bonds is 2. The van der Waals surface area contributed by atoms with Crippen LogP contribution in [0.2, 0.25) is 0 Å². The number of likely N-dealkylation sites (N-methyl/N-ethyl adjacent to an activating group) is 1. The normalized spacial score (nSPS) is 20.2. The number of benzene rings is 1. The molecule has 1 aromatic carbocycles. The molecule has 4 nitrogen and oxygen atoms in total. The topological polar surface area (TPSA) is 49.4 Å². The molecule has 2 rings (SSSR count). The molecule has 0 bridgehead atoms. The number of carbonyl (C=O) groups is 2. The molecular weight excluding hydrogens is 247 g/mol. The average Bonchev–Trinajstić information content (AvgIpc) is 2.60. The fourth-order valence-electron chi connectivity index (χ4n) is 2.26. The van der Waals surface area contributed by atoms with Crippen LogP contribution in [0.3, 0.4) is 0 Å². The van der Waals surface area contributed by atoms with Crippen molar-refractivity contribution in [2.24, 2.45) is 0 Å². The molecule has 19 heavy (non-hydrogen) atoms. The number of hydrogen-bond acceptors (Lipinski definition) is 3. The van der Waals surface area contributed by atoms with E-state index >= 15 is 0 Å². The quantitative estimate of drug-likeness (QED) is 0.825. The molecule has 0 spiro atoms. The summed E-state index contributed by atoms with van der Waals surface area (Å²) in [6.45, 7) is 0.424. The van der Waals surface area contributed by atoms with Crippen molar-refractivity contribution in [1.82, 2.24) is 10.2 Å². The largest absolute Gasteiger partial charge is 0.309 e. The van der Waals surface area contributed by atoms with Crippen LogP contribution < -0.4 is 5.32 Å². The number of nitrogens with one attached hydrogen (secondary N) is 1. The molecule has 1 heterocycles. The average molecular weight is 264 g/mol. The molecule has 1 aliphatic rings. The number of nitrogens with zero attached hydrogens (tertiary/aromatic N) is 1. The molecule has 102 valence electrons. The third kappa shape index (κ3) is 2.98. The lowest BCUT2D eigenvalue weighted by Crippen LogP contribution is -2.46. The summed E-state index contributed by atoms with van der Waals surface area (Å²) in [5.74, 6) is -0.951. The Bertz CT molecular complexity index is 473. The molecular formula is C14H17FN2O2. The minimum Gasteiger partial charge on any atom is -0.309 e. The van der Waals surface area contributed by atoms with Crippen molar-refractivity contribution in [2.45, 2.75) is 25.3 Å². The Morgan fingerprint density at radius 1 is 1.32 bits per heavy atom. The lowest BCUT2D eigenvalue weighted by molar-refractivity contribution is -0.130. The molecule has 1 saturated heterocycles. The molecule has 0 saturated carbocycles. The number of amides is 2. The van der Waals surface area contributed by atoms with Crippen molar-refractivity contribution < 1.29 is 14.0 Å². The Kier molecular flexibility index (Phi) is 4.27. The minimum absolute atomic E-state index is 0.200. The van der Waals surface area contributed by atoms with E-state index < -0.39 is 5.82 Å². The van der Waals surface area contributed by atoms with E-state index in [1.54, 1.807) is 7.05 Å². The van der Waals surface area contributed by atoms with E-state index in [2.05, 4.69) is 5.32 Å². The number of imide groups is 1. The van der Waals surface area contributed by atoms with Crippen LogP contribution in [0.5, 0.6) is 0 Å². The monoisotopic (exact) mass is 264 g/mol. The van der Waals surface area contributed by atoms with Crippen LogP contribution in [0, 0.1) is 5.82 Å². The molecule has 1 aliphatic heterocycles. The fraction of sp³-hybridized carbons (Fsp3) is 0.429. The number of halogens is 1. The molecule has 1 N–H and O–H groups in total. The van der Waals surface area contributed by atoms with E-state index in [1.807, 2.05) is 0 Å². The number of hydrogen-bond donors (Lipinski definition) is 1. The van der Waals surface area contributed by atoms with Crippen LogP contribution in [0.25, 0.3) is 0 Å². The van der Waals surface area contributed by atoms with Crippen molar-refractivity contribution >= 4 is 11.8 Å². The van der Waals surface area contributed by atoms with Crippen LogP contribution in [-0.2, 0) is 4.79 Å². The minimum atomic E-state index is -0.396. The third-order valence-electron chi connectivity index (χ3n) is 3.37.